The van der Waals surface area contributed by atoms with Gasteiger partial charge in [-0.15, -0.1) is 0 Å². The Morgan fingerprint density at radius 2 is 1.56 bits per heavy atom. The molecule has 0 aliphatic carbocycles. The number of pyridine rings is 1. The molecule has 0 bridgehead atoms. The number of carbonyl (C=O) groups excluding carboxylic acids is 1. The number of aromatic nitrogens is 1. The van der Waals surface area contributed by atoms with Crippen LogP contribution in [-0.2, 0) is 6.54 Å². The monoisotopic (exact) mass is 330 g/mol. The molecule has 126 valence electrons. The van der Waals surface area contributed by atoms with Crippen molar-refractivity contribution in [1.29, 1.82) is 0 Å². The fourth-order valence-electron chi connectivity index (χ4n) is 3.00. The SMILES string of the molecule is Cc1cnccc1C(=O)N(Cc1c(C)cccc1C)c1ccccc1. The predicted octanol–water partition coefficient (Wildman–Crippen LogP) is 4.85. The van der Waals surface area contributed by atoms with Crippen LogP contribution in [0.1, 0.15) is 32.6 Å². The van der Waals surface area contributed by atoms with Crippen molar-refractivity contribution in [3.8, 4) is 0 Å². The maximum Gasteiger partial charge on any atom is 0.258 e. The minimum Gasteiger partial charge on any atom is -0.304 e. The molecular weight excluding hydrogens is 308 g/mol. The molecule has 3 aromatic rings. The molecule has 2 aromatic carbocycles. The maximum absolute atomic E-state index is 13.3. The third kappa shape index (κ3) is 3.61. The topological polar surface area (TPSA) is 33.2 Å². The Morgan fingerprint density at radius 3 is 2.20 bits per heavy atom. The first-order valence-electron chi connectivity index (χ1n) is 8.40. The molecule has 0 atom stereocenters. The zero-order valence-corrected chi connectivity index (χ0v) is 14.9. The highest BCUT2D eigenvalue weighted by Crippen LogP contribution is 2.24. The van der Waals surface area contributed by atoms with Crippen LogP contribution in [0.3, 0.4) is 0 Å². The van der Waals surface area contributed by atoms with Crippen molar-refractivity contribution in [2.24, 2.45) is 0 Å². The van der Waals surface area contributed by atoms with E-state index in [9.17, 15) is 4.79 Å². The first-order chi connectivity index (χ1) is 12.1. The van der Waals surface area contributed by atoms with Gasteiger partial charge in [-0.2, -0.15) is 0 Å². The van der Waals surface area contributed by atoms with Gasteiger partial charge in [0.2, 0.25) is 0 Å². The van der Waals surface area contributed by atoms with Crippen LogP contribution in [0.5, 0.6) is 0 Å². The number of benzene rings is 2. The smallest absolute Gasteiger partial charge is 0.258 e. The van der Waals surface area contributed by atoms with Gasteiger partial charge in [-0.25, -0.2) is 0 Å². The summed E-state index contributed by atoms with van der Waals surface area (Å²) in [4.78, 5) is 19.2. The summed E-state index contributed by atoms with van der Waals surface area (Å²) >= 11 is 0. The van der Waals surface area contributed by atoms with Gasteiger partial charge in [0.1, 0.15) is 0 Å². The molecule has 1 aromatic heterocycles. The Labute approximate surface area is 149 Å². The summed E-state index contributed by atoms with van der Waals surface area (Å²) in [6.07, 6.45) is 3.40. The van der Waals surface area contributed by atoms with E-state index in [1.807, 2.05) is 42.2 Å². The van der Waals surface area contributed by atoms with Gasteiger partial charge in [0.25, 0.3) is 5.91 Å². The number of hydrogen-bond acceptors (Lipinski definition) is 2. The van der Waals surface area contributed by atoms with E-state index >= 15 is 0 Å². The van der Waals surface area contributed by atoms with Gasteiger partial charge >= 0.3 is 0 Å². The lowest BCUT2D eigenvalue weighted by Gasteiger charge is -2.25. The van der Waals surface area contributed by atoms with E-state index in [0.717, 1.165) is 11.3 Å². The summed E-state index contributed by atoms with van der Waals surface area (Å²) in [5, 5.41) is 0. The largest absolute Gasteiger partial charge is 0.304 e. The number of hydrogen-bond donors (Lipinski definition) is 0. The van der Waals surface area contributed by atoms with Crippen molar-refractivity contribution in [3.63, 3.8) is 0 Å². The van der Waals surface area contributed by atoms with Crippen LogP contribution in [0.2, 0.25) is 0 Å². The average Bonchev–Trinajstić information content (AvgIpc) is 2.62. The summed E-state index contributed by atoms with van der Waals surface area (Å²) in [6, 6.07) is 17.8. The maximum atomic E-state index is 13.3. The molecule has 25 heavy (non-hydrogen) atoms. The molecule has 1 heterocycles. The van der Waals surface area contributed by atoms with E-state index in [4.69, 9.17) is 0 Å². The van der Waals surface area contributed by atoms with Crippen LogP contribution in [-0.4, -0.2) is 10.9 Å². The summed E-state index contributed by atoms with van der Waals surface area (Å²) in [5.41, 5.74) is 6.04. The molecular formula is C22H22N2O. The molecule has 0 saturated heterocycles. The third-order valence-corrected chi connectivity index (χ3v) is 4.52. The van der Waals surface area contributed by atoms with Crippen LogP contribution >= 0.6 is 0 Å². The minimum atomic E-state index is -0.00578. The fraction of sp³-hybridized carbons (Fsp3) is 0.182. The number of carbonyl (C=O) groups is 1. The average molecular weight is 330 g/mol. The van der Waals surface area contributed by atoms with Gasteiger partial charge in [-0.3, -0.25) is 9.78 Å². The number of rotatable bonds is 4. The quantitative estimate of drug-likeness (QED) is 0.685. The fourth-order valence-corrected chi connectivity index (χ4v) is 3.00. The van der Waals surface area contributed by atoms with Gasteiger partial charge in [-0.1, -0.05) is 36.4 Å². The van der Waals surface area contributed by atoms with E-state index in [2.05, 4.69) is 37.0 Å². The lowest BCUT2D eigenvalue weighted by atomic mass is 10.0. The van der Waals surface area contributed by atoms with Gasteiger partial charge in [0.15, 0.2) is 0 Å². The highest BCUT2D eigenvalue weighted by atomic mass is 16.2. The number of nitrogens with zero attached hydrogens (tertiary/aromatic N) is 2. The second-order valence-corrected chi connectivity index (χ2v) is 6.29. The summed E-state index contributed by atoms with van der Waals surface area (Å²) in [7, 11) is 0. The third-order valence-electron chi connectivity index (χ3n) is 4.52. The number of aryl methyl sites for hydroxylation is 3. The van der Waals surface area contributed by atoms with E-state index in [0.29, 0.717) is 12.1 Å². The molecule has 3 rings (SSSR count). The Balaban J connectivity index is 2.05. The van der Waals surface area contributed by atoms with E-state index in [-0.39, 0.29) is 5.91 Å². The molecule has 0 radical (unpaired) electrons. The van der Waals surface area contributed by atoms with E-state index in [1.165, 1.54) is 16.7 Å². The van der Waals surface area contributed by atoms with Crippen LogP contribution in [0.15, 0.2) is 67.0 Å². The summed E-state index contributed by atoms with van der Waals surface area (Å²) in [6.45, 7) is 6.65. The molecule has 0 fully saturated rings. The number of para-hydroxylation sites is 1. The van der Waals surface area contributed by atoms with Gasteiger partial charge in [0, 0.05) is 23.6 Å². The molecule has 0 aliphatic heterocycles. The summed E-state index contributed by atoms with van der Waals surface area (Å²) < 4.78 is 0. The van der Waals surface area contributed by atoms with Gasteiger partial charge in [-0.05, 0) is 61.2 Å². The van der Waals surface area contributed by atoms with Crippen LogP contribution in [0.4, 0.5) is 5.69 Å². The Bertz CT molecular complexity index is 867. The minimum absolute atomic E-state index is 0.00578. The van der Waals surface area contributed by atoms with Crippen LogP contribution in [0.25, 0.3) is 0 Å². The standard InChI is InChI=1S/C22H22N2O/c1-16-8-7-9-17(2)21(16)15-24(19-10-5-4-6-11-19)22(25)20-12-13-23-14-18(20)3/h4-14H,15H2,1-3H3. The van der Waals surface area contributed by atoms with Crippen molar-refractivity contribution in [1.82, 2.24) is 4.98 Å². The predicted molar refractivity (Wildman–Crippen MR) is 102 cm³/mol. The van der Waals surface area contributed by atoms with Crippen molar-refractivity contribution in [2.45, 2.75) is 27.3 Å². The van der Waals surface area contributed by atoms with Gasteiger partial charge < -0.3 is 4.90 Å². The molecule has 0 N–H and O–H groups in total. The number of amides is 1. The molecule has 0 aliphatic rings. The van der Waals surface area contributed by atoms with Crippen molar-refractivity contribution in [3.05, 3.63) is 94.8 Å². The van der Waals surface area contributed by atoms with Crippen molar-refractivity contribution in [2.75, 3.05) is 4.90 Å². The number of anilines is 1. The molecule has 1 amide bonds. The Morgan fingerprint density at radius 1 is 0.880 bits per heavy atom. The summed E-state index contributed by atoms with van der Waals surface area (Å²) in [5.74, 6) is -0.00578. The highest BCUT2D eigenvalue weighted by molar-refractivity contribution is 6.06. The van der Waals surface area contributed by atoms with E-state index in [1.54, 1.807) is 18.5 Å². The van der Waals surface area contributed by atoms with E-state index < -0.39 is 0 Å². The first kappa shape index (κ1) is 16.9. The van der Waals surface area contributed by atoms with Crippen LogP contribution < -0.4 is 4.90 Å². The molecule has 0 saturated carbocycles. The normalized spacial score (nSPS) is 10.5. The molecule has 3 heteroatoms. The lowest BCUT2D eigenvalue weighted by molar-refractivity contribution is 0.0984. The van der Waals surface area contributed by atoms with Crippen molar-refractivity contribution >= 4 is 11.6 Å². The molecule has 3 nitrogen and oxygen atoms in total. The van der Waals surface area contributed by atoms with Crippen LogP contribution in [0, 0.1) is 20.8 Å². The zero-order valence-electron chi connectivity index (χ0n) is 14.9. The highest BCUT2D eigenvalue weighted by Gasteiger charge is 2.21. The molecule has 0 spiro atoms. The van der Waals surface area contributed by atoms with Gasteiger partial charge in [0.05, 0.1) is 6.54 Å². The second-order valence-electron chi connectivity index (χ2n) is 6.29. The lowest BCUT2D eigenvalue weighted by Crippen LogP contribution is -2.31. The molecule has 0 unspecified atom stereocenters. The zero-order chi connectivity index (χ0) is 17.8. The first-order valence-corrected chi connectivity index (χ1v) is 8.40. The Hall–Kier alpha value is -2.94. The Kier molecular flexibility index (Phi) is 4.94. The second kappa shape index (κ2) is 7.31. The van der Waals surface area contributed by atoms with Crippen molar-refractivity contribution < 1.29 is 4.79 Å².